The molecule has 0 fully saturated rings. The number of nitriles is 1. The zero-order chi connectivity index (χ0) is 10.8. The van der Waals surface area contributed by atoms with Crippen molar-refractivity contribution >= 4 is 5.97 Å². The van der Waals surface area contributed by atoms with E-state index in [1.54, 1.807) is 0 Å². The summed E-state index contributed by atoms with van der Waals surface area (Å²) in [6.07, 6.45) is 3.77. The summed E-state index contributed by atoms with van der Waals surface area (Å²) >= 11 is 0. The molecule has 0 aromatic carbocycles. The van der Waals surface area contributed by atoms with Crippen molar-refractivity contribution in [2.24, 2.45) is 0 Å². The molecule has 0 amide bonds. The van der Waals surface area contributed by atoms with E-state index >= 15 is 0 Å². The zero-order valence-corrected chi connectivity index (χ0v) is 8.62. The molecule has 0 aliphatic heterocycles. The summed E-state index contributed by atoms with van der Waals surface area (Å²) in [7, 11) is 0. The molecule has 0 heterocycles. The Morgan fingerprint density at radius 2 is 2.29 bits per heavy atom. The Morgan fingerprint density at radius 1 is 1.57 bits per heavy atom. The van der Waals surface area contributed by atoms with E-state index < -0.39 is 12.0 Å². The van der Waals surface area contributed by atoms with Crippen molar-refractivity contribution < 1.29 is 9.90 Å². The van der Waals surface area contributed by atoms with Crippen LogP contribution in [0.25, 0.3) is 0 Å². The van der Waals surface area contributed by atoms with Crippen LogP contribution in [0.2, 0.25) is 0 Å². The second-order valence-electron chi connectivity index (χ2n) is 3.25. The number of hydrogen-bond acceptors (Lipinski definition) is 3. The second-order valence-corrected chi connectivity index (χ2v) is 3.25. The zero-order valence-electron chi connectivity index (χ0n) is 8.62. The normalized spacial score (nSPS) is 12.0. The summed E-state index contributed by atoms with van der Waals surface area (Å²) in [6.45, 7) is 2.64. The minimum absolute atomic E-state index is 0.429. The summed E-state index contributed by atoms with van der Waals surface area (Å²) < 4.78 is 0. The van der Waals surface area contributed by atoms with Gasteiger partial charge in [0, 0.05) is 6.42 Å². The summed E-state index contributed by atoms with van der Waals surface area (Å²) in [5.74, 6) is -0.785. The van der Waals surface area contributed by atoms with Crippen LogP contribution >= 0.6 is 0 Å². The molecule has 0 rings (SSSR count). The number of carbonyl (C=O) groups is 1. The monoisotopic (exact) mass is 198 g/mol. The molecule has 0 radical (unpaired) electrons. The highest BCUT2D eigenvalue weighted by molar-refractivity contribution is 5.73. The number of rotatable bonds is 8. The SMILES string of the molecule is CCCC(NCCCCC#N)C(=O)O. The Hall–Kier alpha value is -1.08. The smallest absolute Gasteiger partial charge is 0.320 e. The lowest BCUT2D eigenvalue weighted by molar-refractivity contribution is -0.139. The van der Waals surface area contributed by atoms with Crippen molar-refractivity contribution in [3.8, 4) is 6.07 Å². The van der Waals surface area contributed by atoms with E-state index in [9.17, 15) is 4.79 Å². The minimum Gasteiger partial charge on any atom is -0.480 e. The standard InChI is InChI=1S/C10H18N2O2/c1-2-6-9(10(13)14)12-8-5-3-4-7-11/h9,12H,2-6,8H2,1H3,(H,13,14). The molecule has 0 aliphatic carbocycles. The van der Waals surface area contributed by atoms with Crippen LogP contribution in [0.4, 0.5) is 0 Å². The lowest BCUT2D eigenvalue weighted by Crippen LogP contribution is -2.37. The van der Waals surface area contributed by atoms with Gasteiger partial charge in [-0.15, -0.1) is 0 Å². The van der Waals surface area contributed by atoms with Gasteiger partial charge in [-0.1, -0.05) is 13.3 Å². The molecule has 14 heavy (non-hydrogen) atoms. The maximum Gasteiger partial charge on any atom is 0.320 e. The van der Waals surface area contributed by atoms with Gasteiger partial charge in [-0.3, -0.25) is 4.79 Å². The molecule has 4 heteroatoms. The number of unbranched alkanes of at least 4 members (excludes halogenated alkanes) is 2. The van der Waals surface area contributed by atoms with E-state index in [1.807, 2.05) is 6.92 Å². The Morgan fingerprint density at radius 3 is 2.79 bits per heavy atom. The Balaban J connectivity index is 3.52. The molecule has 2 N–H and O–H groups in total. The van der Waals surface area contributed by atoms with Crippen molar-refractivity contribution in [1.29, 1.82) is 5.26 Å². The molecular weight excluding hydrogens is 180 g/mol. The summed E-state index contributed by atoms with van der Waals surface area (Å²) in [6, 6.07) is 1.63. The molecule has 0 saturated heterocycles. The topological polar surface area (TPSA) is 73.1 Å². The predicted octanol–water partition coefficient (Wildman–Crippen LogP) is 1.52. The van der Waals surface area contributed by atoms with Gasteiger partial charge in [0.15, 0.2) is 0 Å². The molecule has 0 bridgehead atoms. The largest absolute Gasteiger partial charge is 0.480 e. The van der Waals surface area contributed by atoms with Gasteiger partial charge >= 0.3 is 5.97 Å². The van der Waals surface area contributed by atoms with Crippen LogP contribution in [-0.2, 0) is 4.79 Å². The van der Waals surface area contributed by atoms with Crippen molar-refractivity contribution in [2.75, 3.05) is 6.54 Å². The van der Waals surface area contributed by atoms with Crippen LogP contribution in [0, 0.1) is 11.3 Å². The second kappa shape index (κ2) is 8.52. The first kappa shape index (κ1) is 12.9. The van der Waals surface area contributed by atoms with E-state index in [1.165, 1.54) is 0 Å². The van der Waals surface area contributed by atoms with Gasteiger partial charge < -0.3 is 10.4 Å². The highest BCUT2D eigenvalue weighted by atomic mass is 16.4. The number of aliphatic carboxylic acids is 1. The lowest BCUT2D eigenvalue weighted by atomic mass is 10.1. The lowest BCUT2D eigenvalue weighted by Gasteiger charge is -2.12. The maximum absolute atomic E-state index is 10.7. The van der Waals surface area contributed by atoms with E-state index in [0.717, 1.165) is 19.3 Å². The van der Waals surface area contributed by atoms with Gasteiger partial charge in [-0.2, -0.15) is 5.26 Å². The highest BCUT2D eigenvalue weighted by Crippen LogP contribution is 1.98. The number of carboxylic acids is 1. The fraction of sp³-hybridized carbons (Fsp3) is 0.800. The molecule has 0 saturated carbocycles. The van der Waals surface area contributed by atoms with Gasteiger partial charge in [0.2, 0.25) is 0 Å². The van der Waals surface area contributed by atoms with Crippen molar-refractivity contribution in [1.82, 2.24) is 5.32 Å². The molecule has 4 nitrogen and oxygen atoms in total. The summed E-state index contributed by atoms with van der Waals surface area (Å²) in [4.78, 5) is 10.7. The third kappa shape index (κ3) is 6.44. The van der Waals surface area contributed by atoms with Gasteiger partial charge in [-0.25, -0.2) is 0 Å². The number of carboxylic acid groups (broad SMARTS) is 1. The van der Waals surface area contributed by atoms with Gasteiger partial charge in [0.1, 0.15) is 6.04 Å². The van der Waals surface area contributed by atoms with Crippen molar-refractivity contribution in [2.45, 2.75) is 45.1 Å². The molecule has 1 atom stereocenters. The summed E-state index contributed by atoms with van der Waals surface area (Å²) in [5, 5.41) is 20.0. The average molecular weight is 198 g/mol. The third-order valence-corrected chi connectivity index (χ3v) is 1.98. The molecule has 0 aliphatic rings. The Bertz CT molecular complexity index is 199. The van der Waals surface area contributed by atoms with E-state index in [4.69, 9.17) is 10.4 Å². The predicted molar refractivity (Wildman–Crippen MR) is 53.8 cm³/mol. The molecule has 0 aromatic rings. The number of hydrogen-bond donors (Lipinski definition) is 2. The number of nitrogens with zero attached hydrogens (tertiary/aromatic N) is 1. The molecule has 0 aromatic heterocycles. The van der Waals surface area contributed by atoms with Crippen LogP contribution in [-0.4, -0.2) is 23.7 Å². The van der Waals surface area contributed by atoms with Gasteiger partial charge in [0.25, 0.3) is 0 Å². The first-order chi connectivity index (χ1) is 6.72. The van der Waals surface area contributed by atoms with Gasteiger partial charge in [0.05, 0.1) is 6.07 Å². The van der Waals surface area contributed by atoms with Crippen molar-refractivity contribution in [3.05, 3.63) is 0 Å². The molecule has 0 spiro atoms. The Labute approximate surface area is 84.9 Å². The van der Waals surface area contributed by atoms with Crippen molar-refractivity contribution in [3.63, 3.8) is 0 Å². The molecule has 80 valence electrons. The molecule has 1 unspecified atom stereocenters. The van der Waals surface area contributed by atoms with Crippen LogP contribution in [0.1, 0.15) is 39.0 Å². The first-order valence-electron chi connectivity index (χ1n) is 5.05. The van der Waals surface area contributed by atoms with Gasteiger partial charge in [-0.05, 0) is 25.8 Å². The fourth-order valence-electron chi connectivity index (χ4n) is 1.21. The Kier molecular flexibility index (Phi) is 7.86. The third-order valence-electron chi connectivity index (χ3n) is 1.98. The fourth-order valence-corrected chi connectivity index (χ4v) is 1.21. The first-order valence-corrected chi connectivity index (χ1v) is 5.05. The minimum atomic E-state index is -0.785. The quantitative estimate of drug-likeness (QED) is 0.580. The molecular formula is C10H18N2O2. The van der Waals surface area contributed by atoms with E-state index in [2.05, 4.69) is 11.4 Å². The average Bonchev–Trinajstić information content (AvgIpc) is 2.15. The van der Waals surface area contributed by atoms with Crippen LogP contribution in [0.15, 0.2) is 0 Å². The van der Waals surface area contributed by atoms with E-state index in [-0.39, 0.29) is 0 Å². The van der Waals surface area contributed by atoms with Crippen LogP contribution in [0.3, 0.4) is 0 Å². The van der Waals surface area contributed by atoms with E-state index in [0.29, 0.717) is 19.4 Å². The van der Waals surface area contributed by atoms with Crippen LogP contribution in [0.5, 0.6) is 0 Å². The highest BCUT2D eigenvalue weighted by Gasteiger charge is 2.14. The number of nitrogens with one attached hydrogen (secondary N) is 1. The maximum atomic E-state index is 10.7. The summed E-state index contributed by atoms with van der Waals surface area (Å²) in [5.41, 5.74) is 0. The van der Waals surface area contributed by atoms with Crippen LogP contribution < -0.4 is 5.32 Å².